The van der Waals surface area contributed by atoms with E-state index >= 15 is 0 Å². The highest BCUT2D eigenvalue weighted by Crippen LogP contribution is 2.62. The van der Waals surface area contributed by atoms with Crippen molar-refractivity contribution < 1.29 is 0 Å². The van der Waals surface area contributed by atoms with Crippen molar-refractivity contribution in [2.45, 2.75) is 24.7 Å². The van der Waals surface area contributed by atoms with Crippen LogP contribution in [0.15, 0.2) is 224 Å². The van der Waals surface area contributed by atoms with Gasteiger partial charge in [-0.3, -0.25) is 0 Å². The molecular weight excluding hydrogens is 711 g/mol. The van der Waals surface area contributed by atoms with E-state index in [1.54, 1.807) is 0 Å². The van der Waals surface area contributed by atoms with Gasteiger partial charge in [0.2, 0.25) is 0 Å². The second-order valence-electron chi connectivity index (χ2n) is 16.5. The van der Waals surface area contributed by atoms with E-state index in [0.29, 0.717) is 0 Å². The number of rotatable bonds is 6. The van der Waals surface area contributed by atoms with Crippen LogP contribution in [0.4, 0.5) is 17.1 Å². The molecule has 0 heterocycles. The highest BCUT2D eigenvalue weighted by Gasteiger charge is 2.53. The zero-order valence-corrected chi connectivity index (χ0v) is 33.3. The molecule has 0 fully saturated rings. The summed E-state index contributed by atoms with van der Waals surface area (Å²) in [4.78, 5) is 2.50. The number of nitrogens with zero attached hydrogens (tertiary/aromatic N) is 1. The van der Waals surface area contributed by atoms with E-state index in [-0.39, 0.29) is 5.41 Å². The highest BCUT2D eigenvalue weighted by atomic mass is 15.1. The fraction of sp³-hybridized carbons (Fsp3) is 0.0690. The van der Waals surface area contributed by atoms with Crippen molar-refractivity contribution in [2.24, 2.45) is 0 Å². The molecule has 0 amide bonds. The van der Waals surface area contributed by atoms with Crippen LogP contribution < -0.4 is 4.90 Å². The molecule has 0 unspecified atom stereocenters. The minimum atomic E-state index is -0.498. The highest BCUT2D eigenvalue weighted by molar-refractivity contribution is 5.93. The van der Waals surface area contributed by atoms with Crippen LogP contribution in [0.1, 0.15) is 47.2 Å². The second kappa shape index (κ2) is 13.7. The van der Waals surface area contributed by atoms with Gasteiger partial charge < -0.3 is 4.90 Å². The number of fused-ring (bicyclic) bond motifs is 9. The van der Waals surface area contributed by atoms with Gasteiger partial charge >= 0.3 is 0 Å². The molecule has 0 saturated heterocycles. The third-order valence-electron chi connectivity index (χ3n) is 12.9. The van der Waals surface area contributed by atoms with Gasteiger partial charge in [0.1, 0.15) is 0 Å². The summed E-state index contributed by atoms with van der Waals surface area (Å²) in [6.07, 6.45) is 0. The number of hydrogen-bond acceptors (Lipinski definition) is 1. The van der Waals surface area contributed by atoms with E-state index in [1.165, 1.54) is 77.9 Å². The summed E-state index contributed by atoms with van der Waals surface area (Å²) < 4.78 is 0. The third-order valence-corrected chi connectivity index (χ3v) is 12.9. The third kappa shape index (κ3) is 5.39. The lowest BCUT2D eigenvalue weighted by atomic mass is 9.55. The first kappa shape index (κ1) is 35.0. The summed E-state index contributed by atoms with van der Waals surface area (Å²) in [7, 11) is 0. The van der Waals surface area contributed by atoms with Gasteiger partial charge in [-0.05, 0) is 109 Å². The molecule has 0 N–H and O–H groups in total. The van der Waals surface area contributed by atoms with Crippen LogP contribution in [-0.4, -0.2) is 0 Å². The van der Waals surface area contributed by atoms with Gasteiger partial charge in [-0.2, -0.15) is 0 Å². The zero-order valence-electron chi connectivity index (χ0n) is 33.3. The normalized spacial score (nSPS) is 13.9. The van der Waals surface area contributed by atoms with Gasteiger partial charge in [-0.15, -0.1) is 0 Å². The van der Waals surface area contributed by atoms with Crippen molar-refractivity contribution in [1.29, 1.82) is 0 Å². The summed E-state index contributed by atoms with van der Waals surface area (Å²) in [6, 6.07) is 83.1. The Hall–Kier alpha value is -7.22. The lowest BCUT2D eigenvalue weighted by Crippen LogP contribution is -2.40. The fourth-order valence-electron chi connectivity index (χ4n) is 10.3. The zero-order chi connectivity index (χ0) is 39.6. The first-order valence-electron chi connectivity index (χ1n) is 20.7. The van der Waals surface area contributed by atoms with E-state index in [0.717, 1.165) is 17.1 Å². The largest absolute Gasteiger partial charge is 0.310 e. The Balaban J connectivity index is 1.22. The molecule has 0 aliphatic heterocycles. The molecule has 1 nitrogen and oxygen atoms in total. The molecular formula is C58H43N. The van der Waals surface area contributed by atoms with Crippen LogP contribution in [-0.2, 0) is 10.8 Å². The van der Waals surface area contributed by atoms with Crippen LogP contribution in [0.3, 0.4) is 0 Å². The smallest absolute Gasteiger partial charge is 0.0720 e. The molecule has 9 aromatic rings. The van der Waals surface area contributed by atoms with Crippen LogP contribution in [0, 0.1) is 0 Å². The lowest BCUT2D eigenvalue weighted by Gasteiger charge is -2.47. The molecule has 0 bridgehead atoms. The molecule has 280 valence electrons. The van der Waals surface area contributed by atoms with Gasteiger partial charge in [0.25, 0.3) is 0 Å². The number of benzene rings is 9. The average Bonchev–Trinajstić information content (AvgIpc) is 3.60. The van der Waals surface area contributed by atoms with Crippen molar-refractivity contribution in [1.82, 2.24) is 0 Å². The minimum Gasteiger partial charge on any atom is -0.310 e. The molecule has 9 aromatic carbocycles. The van der Waals surface area contributed by atoms with Gasteiger partial charge in [0.15, 0.2) is 0 Å². The Morgan fingerprint density at radius 2 is 0.763 bits per heavy atom. The van der Waals surface area contributed by atoms with Crippen LogP contribution in [0.25, 0.3) is 44.5 Å². The molecule has 2 aliphatic rings. The van der Waals surface area contributed by atoms with Crippen molar-refractivity contribution >= 4 is 17.1 Å². The molecule has 59 heavy (non-hydrogen) atoms. The maximum absolute atomic E-state index is 2.53. The summed E-state index contributed by atoms with van der Waals surface area (Å²) in [6.45, 7) is 4.81. The maximum Gasteiger partial charge on any atom is 0.0720 e. The van der Waals surface area contributed by atoms with Crippen molar-refractivity contribution in [3.05, 3.63) is 258 Å². The molecule has 1 spiro atoms. The first-order valence-corrected chi connectivity index (χ1v) is 20.7. The quantitative estimate of drug-likeness (QED) is 0.163. The molecule has 11 rings (SSSR count). The maximum atomic E-state index is 2.53. The lowest BCUT2D eigenvalue weighted by molar-refractivity contribution is 0.563. The molecule has 0 atom stereocenters. The van der Waals surface area contributed by atoms with E-state index in [4.69, 9.17) is 0 Å². The number of hydrogen-bond donors (Lipinski definition) is 0. The predicted octanol–water partition coefficient (Wildman–Crippen LogP) is 15.2. The molecule has 1 heteroatoms. The molecule has 2 aliphatic carbocycles. The Labute approximate surface area is 347 Å². The van der Waals surface area contributed by atoms with Crippen molar-refractivity contribution in [3.8, 4) is 44.5 Å². The minimum absolute atomic E-state index is 0.229. The van der Waals surface area contributed by atoms with Gasteiger partial charge in [-0.1, -0.05) is 202 Å². The summed E-state index contributed by atoms with van der Waals surface area (Å²) >= 11 is 0. The van der Waals surface area contributed by atoms with E-state index in [2.05, 4.69) is 243 Å². The summed E-state index contributed by atoms with van der Waals surface area (Å²) in [5, 5.41) is 0. The van der Waals surface area contributed by atoms with Crippen molar-refractivity contribution in [2.75, 3.05) is 4.90 Å². The van der Waals surface area contributed by atoms with E-state index in [9.17, 15) is 0 Å². The van der Waals surface area contributed by atoms with Crippen LogP contribution >= 0.6 is 0 Å². The molecule has 0 saturated carbocycles. The Kier molecular flexibility index (Phi) is 8.13. The monoisotopic (exact) mass is 753 g/mol. The van der Waals surface area contributed by atoms with Crippen LogP contribution in [0.2, 0.25) is 0 Å². The molecule has 0 aromatic heterocycles. The predicted molar refractivity (Wildman–Crippen MR) is 247 cm³/mol. The fourth-order valence-corrected chi connectivity index (χ4v) is 10.3. The van der Waals surface area contributed by atoms with E-state index in [1.807, 2.05) is 0 Å². The topological polar surface area (TPSA) is 3.24 Å². The SMILES string of the molecule is CC1(C)c2ccccc2C2(c3ccccc3-c3ccccc32)c2cc(N(c3cccc(-c4ccccc4)c3)c3ccc(-c4ccccc4)cc3-c3ccccc3)ccc21. The summed E-state index contributed by atoms with van der Waals surface area (Å²) in [5.41, 5.74) is 20.5. The van der Waals surface area contributed by atoms with Gasteiger partial charge in [0, 0.05) is 22.4 Å². The Morgan fingerprint density at radius 1 is 0.288 bits per heavy atom. The molecule has 0 radical (unpaired) electrons. The van der Waals surface area contributed by atoms with Crippen LogP contribution in [0.5, 0.6) is 0 Å². The van der Waals surface area contributed by atoms with Gasteiger partial charge in [-0.25, -0.2) is 0 Å². The van der Waals surface area contributed by atoms with Crippen molar-refractivity contribution in [3.63, 3.8) is 0 Å². The Morgan fingerprint density at radius 3 is 1.39 bits per heavy atom. The number of anilines is 3. The second-order valence-corrected chi connectivity index (χ2v) is 16.5. The first-order chi connectivity index (χ1) is 29.0. The van der Waals surface area contributed by atoms with Gasteiger partial charge in [0.05, 0.1) is 11.1 Å². The Bertz CT molecular complexity index is 2970. The summed E-state index contributed by atoms with van der Waals surface area (Å²) in [5.74, 6) is 0. The standard InChI is InChI=1S/C58H43N/c1-57(2)52-31-16-17-32-54(52)58(50-29-14-12-27-47(50)48-28-13-15-30-51(48)58)55-39-46(34-35-53(55)57)59(45-26-18-25-43(37-45)40-19-6-3-7-20-40)56-36-33-44(41-21-8-4-9-22-41)38-49(56)42-23-10-5-11-24-42/h3-39H,1-2H3. The average molecular weight is 754 g/mol. The van der Waals surface area contributed by atoms with E-state index < -0.39 is 5.41 Å².